The number of benzene rings is 2. The minimum Gasteiger partial charge on any atom is -0.361 e. The van der Waals surface area contributed by atoms with Gasteiger partial charge in [0.25, 0.3) is 0 Å². The van der Waals surface area contributed by atoms with Crippen LogP contribution in [0.15, 0.2) is 47.4 Å². The Morgan fingerprint density at radius 2 is 1.67 bits per heavy atom. The van der Waals surface area contributed by atoms with Crippen molar-refractivity contribution in [1.82, 2.24) is 25.0 Å². The minimum atomic E-state index is -0.436. The molecule has 2 N–H and O–H groups in total. The first kappa shape index (κ1) is 30.7. The molecule has 2 saturated heterocycles. The number of halogens is 3. The average Bonchev–Trinajstić information content (AvgIpc) is 3.00. The summed E-state index contributed by atoms with van der Waals surface area (Å²) < 4.78 is 48.8. The maximum absolute atomic E-state index is 14.7. The SMILES string of the molecule is CN[C@@H]1CCN(COCN2CCCCCCN(Cc3c[nH]c4ccc(F)cc4c3=O)CC2)[C@H](c2cc(F)ccc2F)C1.[HH].[HH]. The molecular weight excluding hydrogens is 543 g/mol. The Hall–Kier alpha value is -2.76. The summed E-state index contributed by atoms with van der Waals surface area (Å²) in [4.78, 5) is 22.9. The first-order valence-electron chi connectivity index (χ1n) is 15.1. The van der Waals surface area contributed by atoms with E-state index in [4.69, 9.17) is 4.74 Å². The number of H-pyrrole nitrogens is 1. The molecule has 10 heteroatoms. The highest BCUT2D eigenvalue weighted by Crippen LogP contribution is 2.33. The summed E-state index contributed by atoms with van der Waals surface area (Å²) in [7, 11) is 1.90. The van der Waals surface area contributed by atoms with E-state index in [1.165, 1.54) is 24.3 Å². The van der Waals surface area contributed by atoms with Crippen molar-refractivity contribution in [3.8, 4) is 0 Å². The quantitative estimate of drug-likeness (QED) is 0.363. The lowest BCUT2D eigenvalue weighted by Crippen LogP contribution is -2.45. The summed E-state index contributed by atoms with van der Waals surface area (Å²) in [5.41, 5.74) is 1.51. The Bertz CT molecular complexity index is 1400. The van der Waals surface area contributed by atoms with Crippen LogP contribution < -0.4 is 10.7 Å². The number of aromatic amines is 1. The molecule has 2 fully saturated rings. The third-order valence-electron chi connectivity index (χ3n) is 8.71. The average molecular weight is 590 g/mol. The van der Waals surface area contributed by atoms with E-state index in [1.807, 2.05) is 7.05 Å². The fourth-order valence-corrected chi connectivity index (χ4v) is 6.22. The van der Waals surface area contributed by atoms with Crippen LogP contribution in [-0.4, -0.2) is 79.0 Å². The number of pyridine rings is 1. The molecule has 1 aromatic heterocycles. The molecule has 0 bridgehead atoms. The Morgan fingerprint density at radius 3 is 2.48 bits per heavy atom. The lowest BCUT2D eigenvalue weighted by molar-refractivity contribution is -0.0593. The van der Waals surface area contributed by atoms with Gasteiger partial charge in [-0.3, -0.25) is 19.5 Å². The lowest BCUT2D eigenvalue weighted by atomic mass is 9.92. The Kier molecular flexibility index (Phi) is 10.7. The van der Waals surface area contributed by atoms with Gasteiger partial charge in [0.15, 0.2) is 5.43 Å². The fraction of sp³-hybridized carbons (Fsp3) is 0.531. The van der Waals surface area contributed by atoms with Crippen molar-refractivity contribution in [2.45, 2.75) is 57.2 Å². The number of aromatic nitrogens is 1. The number of hydrogen-bond acceptors (Lipinski definition) is 6. The van der Waals surface area contributed by atoms with Gasteiger partial charge in [-0.25, -0.2) is 13.2 Å². The molecule has 0 saturated carbocycles. The van der Waals surface area contributed by atoms with E-state index in [0.29, 0.717) is 48.5 Å². The van der Waals surface area contributed by atoms with Crippen LogP contribution in [0.25, 0.3) is 10.9 Å². The molecule has 2 aliphatic heterocycles. The summed E-state index contributed by atoms with van der Waals surface area (Å²) in [6.45, 7) is 5.35. The maximum Gasteiger partial charge on any atom is 0.193 e. The van der Waals surface area contributed by atoms with Crippen LogP contribution in [0.1, 0.15) is 58.5 Å². The van der Waals surface area contributed by atoms with Gasteiger partial charge in [-0.1, -0.05) is 12.8 Å². The molecule has 0 aliphatic carbocycles. The summed E-state index contributed by atoms with van der Waals surface area (Å²) in [5, 5.41) is 3.67. The normalized spacial score (nSPS) is 22.0. The molecule has 2 aliphatic rings. The van der Waals surface area contributed by atoms with Crippen LogP contribution >= 0.6 is 0 Å². The van der Waals surface area contributed by atoms with Crippen molar-refractivity contribution < 1.29 is 20.8 Å². The minimum absolute atomic E-state index is 0. The Balaban J connectivity index is 0.00000264. The number of piperidine rings is 1. The van der Waals surface area contributed by atoms with Gasteiger partial charge in [0.1, 0.15) is 30.9 Å². The van der Waals surface area contributed by atoms with Crippen LogP contribution in [0.3, 0.4) is 0 Å². The van der Waals surface area contributed by atoms with Gasteiger partial charge in [0.05, 0.1) is 0 Å². The molecule has 5 rings (SSSR count). The predicted octanol–water partition coefficient (Wildman–Crippen LogP) is 5.47. The number of likely N-dealkylation sites (tertiary alicyclic amines) is 1. The fourth-order valence-electron chi connectivity index (χ4n) is 6.22. The van der Waals surface area contributed by atoms with Gasteiger partial charge in [-0.05, 0) is 75.7 Å². The van der Waals surface area contributed by atoms with Gasteiger partial charge in [-0.2, -0.15) is 0 Å². The van der Waals surface area contributed by atoms with Gasteiger partial charge >= 0.3 is 0 Å². The van der Waals surface area contributed by atoms with E-state index in [-0.39, 0.29) is 20.4 Å². The topological polar surface area (TPSA) is 63.8 Å². The zero-order valence-electron chi connectivity index (χ0n) is 24.4. The van der Waals surface area contributed by atoms with Crippen LogP contribution in [0.5, 0.6) is 0 Å². The number of nitrogens with zero attached hydrogens (tertiary/aromatic N) is 3. The summed E-state index contributed by atoms with van der Waals surface area (Å²) in [6, 6.07) is 7.87. The highest BCUT2D eigenvalue weighted by atomic mass is 19.1. The van der Waals surface area contributed by atoms with Gasteiger partial charge in [-0.15, -0.1) is 0 Å². The molecule has 3 heterocycles. The zero-order valence-corrected chi connectivity index (χ0v) is 24.4. The van der Waals surface area contributed by atoms with Crippen molar-refractivity contribution >= 4 is 10.9 Å². The van der Waals surface area contributed by atoms with E-state index in [9.17, 15) is 18.0 Å². The van der Waals surface area contributed by atoms with Crippen LogP contribution in [0, 0.1) is 17.5 Å². The first-order valence-corrected chi connectivity index (χ1v) is 15.1. The van der Waals surface area contributed by atoms with E-state index >= 15 is 0 Å². The Labute approximate surface area is 248 Å². The molecule has 2 atom stereocenters. The predicted molar refractivity (Wildman–Crippen MR) is 163 cm³/mol. The molecule has 232 valence electrons. The van der Waals surface area contributed by atoms with Crippen LogP contribution in [0.4, 0.5) is 13.2 Å². The second-order valence-corrected chi connectivity index (χ2v) is 11.6. The van der Waals surface area contributed by atoms with E-state index in [2.05, 4.69) is 25.0 Å². The zero-order chi connectivity index (χ0) is 29.5. The monoisotopic (exact) mass is 589 g/mol. The largest absolute Gasteiger partial charge is 0.361 e. The van der Waals surface area contributed by atoms with Crippen LogP contribution in [0.2, 0.25) is 0 Å². The molecule has 0 unspecified atom stereocenters. The van der Waals surface area contributed by atoms with Gasteiger partial charge < -0.3 is 15.0 Å². The van der Waals surface area contributed by atoms with Gasteiger partial charge in [0, 0.05) is 75.9 Å². The Morgan fingerprint density at radius 1 is 0.929 bits per heavy atom. The van der Waals surface area contributed by atoms with Crippen molar-refractivity contribution in [3.63, 3.8) is 0 Å². The second-order valence-electron chi connectivity index (χ2n) is 11.6. The third-order valence-corrected chi connectivity index (χ3v) is 8.71. The smallest absolute Gasteiger partial charge is 0.193 e. The standard InChI is InChI=1S/C32H42F3N5O2.2H2/c1-36-26-10-13-40(31(18-26)27-16-24(33)6-8-29(27)35)22-42-21-39-12-5-3-2-4-11-38(14-15-39)20-23-19-37-30-9-7-25(34)17-28(30)32(23)41;;/h6-9,16-17,19,26,31,36H,2-5,10-15,18,20-22H2,1H3,(H,37,41);2*1H/t26-,31+;;/m1../s1. The number of rotatable bonds is 8. The lowest BCUT2D eigenvalue weighted by Gasteiger charge is -2.40. The number of hydrogen-bond donors (Lipinski definition) is 2. The number of fused-ring (bicyclic) bond motifs is 1. The summed E-state index contributed by atoms with van der Waals surface area (Å²) in [6.07, 6.45) is 7.73. The second kappa shape index (κ2) is 14.6. The van der Waals surface area contributed by atoms with Crippen molar-refractivity contribution in [1.29, 1.82) is 0 Å². The highest BCUT2D eigenvalue weighted by Gasteiger charge is 2.31. The number of ether oxygens (including phenoxy) is 1. The van der Waals surface area contributed by atoms with E-state index in [1.54, 1.807) is 12.3 Å². The molecule has 0 spiro atoms. The molecule has 2 aromatic carbocycles. The molecule has 7 nitrogen and oxygen atoms in total. The molecular formula is C32H46F3N5O2. The first-order chi connectivity index (χ1) is 20.4. The molecule has 3 aromatic rings. The molecule has 0 amide bonds. The van der Waals surface area contributed by atoms with Gasteiger partial charge in [0.2, 0.25) is 0 Å². The third kappa shape index (κ3) is 7.79. The molecule has 42 heavy (non-hydrogen) atoms. The van der Waals surface area contributed by atoms with Crippen molar-refractivity contribution in [2.24, 2.45) is 0 Å². The summed E-state index contributed by atoms with van der Waals surface area (Å²) in [5.74, 6) is -1.25. The van der Waals surface area contributed by atoms with Crippen LogP contribution in [-0.2, 0) is 11.3 Å². The highest BCUT2D eigenvalue weighted by molar-refractivity contribution is 5.78. The van der Waals surface area contributed by atoms with E-state index < -0.39 is 17.5 Å². The molecule has 0 radical (unpaired) electrons. The summed E-state index contributed by atoms with van der Waals surface area (Å²) >= 11 is 0. The van der Waals surface area contributed by atoms with E-state index in [0.717, 1.165) is 70.9 Å². The maximum atomic E-state index is 14.7. The van der Waals surface area contributed by atoms with Crippen molar-refractivity contribution in [3.05, 3.63) is 81.4 Å². The number of nitrogens with one attached hydrogen (secondary N) is 2. The van der Waals surface area contributed by atoms with Crippen molar-refractivity contribution in [2.75, 3.05) is 53.2 Å².